The summed E-state index contributed by atoms with van der Waals surface area (Å²) < 4.78 is 0. The van der Waals surface area contributed by atoms with Crippen LogP contribution in [0.15, 0.2) is 48.5 Å². The van der Waals surface area contributed by atoms with Crippen LogP contribution in [0.4, 0.5) is 11.4 Å². The van der Waals surface area contributed by atoms with Crippen molar-refractivity contribution in [2.75, 3.05) is 43.4 Å². The summed E-state index contributed by atoms with van der Waals surface area (Å²) in [6.07, 6.45) is 0.880. The first-order valence-corrected chi connectivity index (χ1v) is 10.7. The van der Waals surface area contributed by atoms with Gasteiger partial charge in [-0.2, -0.15) is 0 Å². The van der Waals surface area contributed by atoms with Crippen LogP contribution in [0.3, 0.4) is 0 Å². The van der Waals surface area contributed by atoms with Crippen LogP contribution in [0.5, 0.6) is 0 Å². The maximum Gasteiger partial charge on any atom is 0.241 e. The number of carbonyl (C=O) groups is 2. The second-order valence-electron chi connectivity index (χ2n) is 7.54. The highest BCUT2D eigenvalue weighted by molar-refractivity contribution is 6.30. The average Bonchev–Trinajstić information content (AvgIpc) is 2.75. The van der Waals surface area contributed by atoms with E-state index in [-0.39, 0.29) is 17.9 Å². The zero-order valence-corrected chi connectivity index (χ0v) is 18.3. The maximum atomic E-state index is 12.6. The van der Waals surface area contributed by atoms with Crippen LogP contribution in [-0.4, -0.2) is 60.4 Å². The molecule has 1 fully saturated rings. The maximum absolute atomic E-state index is 12.6. The van der Waals surface area contributed by atoms with E-state index < -0.39 is 0 Å². The van der Waals surface area contributed by atoms with Crippen molar-refractivity contribution in [2.45, 2.75) is 26.3 Å². The van der Waals surface area contributed by atoms with Crippen molar-refractivity contribution < 1.29 is 9.59 Å². The Hall–Kier alpha value is -2.41. The van der Waals surface area contributed by atoms with Gasteiger partial charge in [0.1, 0.15) is 0 Å². The predicted octanol–water partition coefficient (Wildman–Crippen LogP) is 3.49. The van der Waals surface area contributed by atoms with Crippen LogP contribution >= 0.6 is 11.6 Å². The van der Waals surface area contributed by atoms with E-state index in [1.807, 2.05) is 31.2 Å². The monoisotopic (exact) mass is 428 g/mol. The molecule has 1 aliphatic rings. The molecule has 0 spiro atoms. The number of hydrogen-bond donors (Lipinski definition) is 2. The number of piperazine rings is 1. The molecule has 1 heterocycles. The highest BCUT2D eigenvalue weighted by Gasteiger charge is 2.26. The lowest BCUT2D eigenvalue weighted by Crippen LogP contribution is -2.53. The summed E-state index contributed by atoms with van der Waals surface area (Å²) >= 11 is 5.89. The van der Waals surface area contributed by atoms with E-state index in [9.17, 15) is 9.59 Å². The summed E-state index contributed by atoms with van der Waals surface area (Å²) in [7, 11) is 0. The first-order valence-electron chi connectivity index (χ1n) is 10.4. The summed E-state index contributed by atoms with van der Waals surface area (Å²) in [5.41, 5.74) is 2.76. The van der Waals surface area contributed by atoms with Gasteiger partial charge >= 0.3 is 0 Å². The van der Waals surface area contributed by atoms with Crippen LogP contribution in [0.25, 0.3) is 0 Å². The van der Waals surface area contributed by atoms with E-state index in [1.54, 1.807) is 24.3 Å². The number of benzene rings is 2. The molecular weight excluding hydrogens is 400 g/mol. The number of nitrogens with one attached hydrogen (secondary N) is 2. The molecule has 0 saturated carbocycles. The molecule has 6 nitrogen and oxygen atoms in total. The normalized spacial score (nSPS) is 16.1. The molecule has 2 aromatic rings. The molecule has 2 N–H and O–H groups in total. The second-order valence-corrected chi connectivity index (χ2v) is 7.98. The third-order valence-corrected chi connectivity index (χ3v) is 5.74. The molecule has 7 heteroatoms. The molecule has 2 aromatic carbocycles. The third kappa shape index (κ3) is 6.05. The third-order valence-electron chi connectivity index (χ3n) is 5.49. The number of anilines is 2. The van der Waals surface area contributed by atoms with Gasteiger partial charge in [0.25, 0.3) is 0 Å². The molecule has 1 aliphatic heterocycles. The minimum absolute atomic E-state index is 0.00196. The molecule has 0 radical (unpaired) electrons. The lowest BCUT2D eigenvalue weighted by molar-refractivity contribution is -0.122. The van der Waals surface area contributed by atoms with Gasteiger partial charge in [-0.25, -0.2) is 0 Å². The Morgan fingerprint density at radius 3 is 2.33 bits per heavy atom. The fraction of sp³-hybridized carbons (Fsp3) is 0.391. The van der Waals surface area contributed by atoms with E-state index in [0.717, 1.165) is 49.5 Å². The number of hydrogen-bond acceptors (Lipinski definition) is 4. The van der Waals surface area contributed by atoms with Crippen molar-refractivity contribution in [3.05, 3.63) is 59.1 Å². The van der Waals surface area contributed by atoms with Crippen LogP contribution < -0.4 is 10.6 Å². The number of para-hydroxylation sites is 1. The van der Waals surface area contributed by atoms with E-state index in [0.29, 0.717) is 11.6 Å². The van der Waals surface area contributed by atoms with Gasteiger partial charge in [-0.05, 0) is 49.2 Å². The number of rotatable bonds is 7. The van der Waals surface area contributed by atoms with Crippen molar-refractivity contribution in [3.8, 4) is 0 Å². The summed E-state index contributed by atoms with van der Waals surface area (Å²) in [4.78, 5) is 29.3. The Labute approximate surface area is 183 Å². The summed E-state index contributed by atoms with van der Waals surface area (Å²) in [5, 5.41) is 6.59. The van der Waals surface area contributed by atoms with Crippen molar-refractivity contribution in [3.63, 3.8) is 0 Å². The molecule has 2 amide bonds. The van der Waals surface area contributed by atoms with Gasteiger partial charge in [0, 0.05) is 42.6 Å². The van der Waals surface area contributed by atoms with Crippen LogP contribution in [0, 0.1) is 0 Å². The van der Waals surface area contributed by atoms with Gasteiger partial charge in [0.15, 0.2) is 0 Å². The lowest BCUT2D eigenvalue weighted by Gasteiger charge is -2.37. The number of carbonyl (C=O) groups excluding carboxylic acids is 2. The first-order chi connectivity index (χ1) is 14.5. The molecule has 0 aromatic heterocycles. The summed E-state index contributed by atoms with van der Waals surface area (Å²) in [6.45, 7) is 7.34. The van der Waals surface area contributed by atoms with Gasteiger partial charge in [-0.15, -0.1) is 0 Å². The molecule has 1 atom stereocenters. The molecule has 0 unspecified atom stereocenters. The predicted molar refractivity (Wildman–Crippen MR) is 122 cm³/mol. The zero-order chi connectivity index (χ0) is 21.5. The summed E-state index contributed by atoms with van der Waals surface area (Å²) in [6, 6.07) is 14.7. The van der Waals surface area contributed by atoms with Gasteiger partial charge in [0.05, 0.1) is 12.6 Å². The Morgan fingerprint density at radius 1 is 1.00 bits per heavy atom. The molecule has 30 heavy (non-hydrogen) atoms. The van der Waals surface area contributed by atoms with Gasteiger partial charge in [0.2, 0.25) is 11.8 Å². The Bertz CT molecular complexity index is 864. The largest absolute Gasteiger partial charge is 0.325 e. The van der Waals surface area contributed by atoms with Gasteiger partial charge in [-0.1, -0.05) is 36.7 Å². The molecule has 0 bridgehead atoms. The number of halogens is 1. The van der Waals surface area contributed by atoms with E-state index in [1.165, 1.54) is 0 Å². The Balaban J connectivity index is 1.45. The minimum Gasteiger partial charge on any atom is -0.325 e. The van der Waals surface area contributed by atoms with Crippen LogP contribution in [0.1, 0.15) is 19.4 Å². The van der Waals surface area contributed by atoms with Crippen molar-refractivity contribution in [1.29, 1.82) is 0 Å². The average molecular weight is 429 g/mol. The molecule has 160 valence electrons. The SMILES string of the molecule is CCc1ccccc1NC(=O)CN1CCN([C@@H](C)C(=O)Nc2ccc(Cl)cc2)CC1. The molecule has 0 aliphatic carbocycles. The van der Waals surface area contributed by atoms with Crippen molar-refractivity contribution in [2.24, 2.45) is 0 Å². The fourth-order valence-electron chi connectivity index (χ4n) is 3.60. The lowest BCUT2D eigenvalue weighted by atomic mass is 10.1. The van der Waals surface area contributed by atoms with E-state index >= 15 is 0 Å². The van der Waals surface area contributed by atoms with E-state index in [2.05, 4.69) is 27.4 Å². The molecular formula is C23H29ClN4O2. The topological polar surface area (TPSA) is 64.7 Å². The number of amides is 2. The number of nitrogens with zero attached hydrogens (tertiary/aromatic N) is 2. The van der Waals surface area contributed by atoms with Crippen molar-refractivity contribution >= 4 is 34.8 Å². The smallest absolute Gasteiger partial charge is 0.241 e. The standard InChI is InChI=1S/C23H29ClN4O2/c1-3-18-6-4-5-7-21(18)26-22(29)16-27-12-14-28(15-13-27)17(2)23(30)25-20-10-8-19(24)9-11-20/h4-11,17H,3,12-16H2,1-2H3,(H,25,30)(H,26,29)/t17-/m0/s1. The zero-order valence-electron chi connectivity index (χ0n) is 17.5. The minimum atomic E-state index is -0.243. The highest BCUT2D eigenvalue weighted by Crippen LogP contribution is 2.16. The fourth-order valence-corrected chi connectivity index (χ4v) is 3.72. The first kappa shape index (κ1) is 22.3. The van der Waals surface area contributed by atoms with Crippen molar-refractivity contribution in [1.82, 2.24) is 9.80 Å². The Morgan fingerprint density at radius 2 is 1.67 bits per heavy atom. The quantitative estimate of drug-likeness (QED) is 0.708. The summed E-state index contributed by atoms with van der Waals surface area (Å²) in [5.74, 6) is -0.0439. The number of aryl methyl sites for hydroxylation is 1. The molecule has 1 saturated heterocycles. The second kappa shape index (κ2) is 10.6. The highest BCUT2D eigenvalue weighted by atomic mass is 35.5. The Kier molecular flexibility index (Phi) is 7.85. The van der Waals surface area contributed by atoms with Crippen LogP contribution in [-0.2, 0) is 16.0 Å². The molecule has 3 rings (SSSR count). The van der Waals surface area contributed by atoms with Gasteiger partial charge in [-0.3, -0.25) is 19.4 Å². The van der Waals surface area contributed by atoms with Crippen LogP contribution in [0.2, 0.25) is 5.02 Å². The van der Waals surface area contributed by atoms with E-state index in [4.69, 9.17) is 11.6 Å². The van der Waals surface area contributed by atoms with Gasteiger partial charge < -0.3 is 10.6 Å².